The number of halogens is 1. The van der Waals surface area contributed by atoms with Crippen LogP contribution in [0.25, 0.3) is 0 Å². The summed E-state index contributed by atoms with van der Waals surface area (Å²) >= 11 is 6.15. The summed E-state index contributed by atoms with van der Waals surface area (Å²) in [5, 5.41) is 10.8. The lowest BCUT2D eigenvalue weighted by molar-refractivity contribution is 0.111. The van der Waals surface area contributed by atoms with E-state index >= 15 is 0 Å². The summed E-state index contributed by atoms with van der Waals surface area (Å²) in [5.74, 6) is 0.340. The minimum atomic E-state index is -0.259. The van der Waals surface area contributed by atoms with Gasteiger partial charge in [-0.1, -0.05) is 25.4 Å². The lowest BCUT2D eigenvalue weighted by atomic mass is 10.2. The lowest BCUT2D eigenvalue weighted by Gasteiger charge is -2.20. The molecule has 2 atom stereocenters. The van der Waals surface area contributed by atoms with Crippen molar-refractivity contribution in [3.63, 3.8) is 0 Å². The Morgan fingerprint density at radius 1 is 1.60 bits per heavy atom. The molecule has 0 spiro atoms. The van der Waals surface area contributed by atoms with Gasteiger partial charge in [0.25, 0.3) is 5.56 Å². The van der Waals surface area contributed by atoms with Gasteiger partial charge in [0.1, 0.15) is 5.02 Å². The van der Waals surface area contributed by atoms with Crippen LogP contribution in [0.5, 0.6) is 0 Å². The first-order valence-electron chi connectivity index (χ1n) is 6.78. The second kappa shape index (κ2) is 6.56. The van der Waals surface area contributed by atoms with Crippen molar-refractivity contribution in [2.75, 3.05) is 25.5 Å². The van der Waals surface area contributed by atoms with Crippen LogP contribution in [0, 0.1) is 5.92 Å². The number of aromatic nitrogens is 2. The Morgan fingerprint density at radius 2 is 2.35 bits per heavy atom. The maximum Gasteiger partial charge on any atom is 0.287 e. The van der Waals surface area contributed by atoms with Gasteiger partial charge in [0.05, 0.1) is 24.0 Å². The van der Waals surface area contributed by atoms with Crippen molar-refractivity contribution >= 4 is 17.3 Å². The van der Waals surface area contributed by atoms with Gasteiger partial charge in [0.2, 0.25) is 0 Å². The summed E-state index contributed by atoms with van der Waals surface area (Å²) in [6.45, 7) is 6.17. The number of nitrogens with zero attached hydrogens (tertiary/aromatic N) is 2. The maximum atomic E-state index is 12.1. The molecule has 0 aromatic carbocycles. The molecule has 2 N–H and O–H groups in total. The fourth-order valence-corrected chi connectivity index (χ4v) is 2.49. The Balaban J connectivity index is 2.17. The van der Waals surface area contributed by atoms with Crippen LogP contribution in [-0.4, -0.2) is 42.1 Å². The molecule has 0 saturated carbocycles. The van der Waals surface area contributed by atoms with Gasteiger partial charge < -0.3 is 15.4 Å². The van der Waals surface area contributed by atoms with Crippen LogP contribution in [0.2, 0.25) is 5.02 Å². The average molecular weight is 301 g/mol. The molecule has 112 valence electrons. The molecule has 1 aromatic rings. The van der Waals surface area contributed by atoms with Crippen molar-refractivity contribution in [1.82, 2.24) is 15.1 Å². The summed E-state index contributed by atoms with van der Waals surface area (Å²) in [7, 11) is 1.67. The highest BCUT2D eigenvalue weighted by Gasteiger charge is 2.27. The topological polar surface area (TPSA) is 68.2 Å². The molecule has 7 heteroatoms. The number of anilines is 1. The highest BCUT2D eigenvalue weighted by molar-refractivity contribution is 6.32. The van der Waals surface area contributed by atoms with Gasteiger partial charge in [0, 0.05) is 26.7 Å². The molecule has 2 rings (SSSR count). The standard InChI is InChI=1S/C13H21ClN4O2/c1-8(2)7-18-13(19)12(14)10(5-16-18)17-9-4-15-6-11(9)20-3/h5,8-9,11,15,17H,4,6-7H2,1-3H3/t9?,11-/m0/s1. The fourth-order valence-electron chi connectivity index (χ4n) is 2.29. The zero-order valence-electron chi connectivity index (χ0n) is 12.0. The van der Waals surface area contributed by atoms with Crippen LogP contribution in [0.4, 0.5) is 5.69 Å². The Bertz CT molecular complexity index is 518. The SMILES string of the molecule is CO[C@H]1CNCC1Nc1cnn(CC(C)C)c(=O)c1Cl. The lowest BCUT2D eigenvalue weighted by Crippen LogP contribution is -2.35. The number of hydrogen-bond donors (Lipinski definition) is 2. The molecule has 1 aromatic heterocycles. The summed E-state index contributed by atoms with van der Waals surface area (Å²) in [6.07, 6.45) is 1.67. The predicted octanol–water partition coefficient (Wildman–Crippen LogP) is 0.951. The molecule has 0 aliphatic carbocycles. The molecule has 1 unspecified atom stereocenters. The van der Waals surface area contributed by atoms with Gasteiger partial charge in [-0.15, -0.1) is 0 Å². The molecule has 6 nitrogen and oxygen atoms in total. The Morgan fingerprint density at radius 3 is 3.00 bits per heavy atom. The van der Waals surface area contributed by atoms with E-state index in [1.54, 1.807) is 13.3 Å². The van der Waals surface area contributed by atoms with Gasteiger partial charge >= 0.3 is 0 Å². The van der Waals surface area contributed by atoms with E-state index in [0.717, 1.165) is 13.1 Å². The second-order valence-electron chi connectivity index (χ2n) is 5.44. The first-order valence-corrected chi connectivity index (χ1v) is 7.16. The number of ether oxygens (including phenoxy) is 1. The summed E-state index contributed by atoms with van der Waals surface area (Å²) < 4.78 is 6.77. The van der Waals surface area contributed by atoms with Gasteiger partial charge in [-0.05, 0) is 5.92 Å². The first-order chi connectivity index (χ1) is 9.52. The molecule has 2 heterocycles. The molecule has 1 aliphatic heterocycles. The highest BCUT2D eigenvalue weighted by Crippen LogP contribution is 2.19. The van der Waals surface area contributed by atoms with E-state index in [9.17, 15) is 4.79 Å². The zero-order valence-corrected chi connectivity index (χ0v) is 12.8. The van der Waals surface area contributed by atoms with E-state index in [2.05, 4.69) is 15.7 Å². The minimum Gasteiger partial charge on any atom is -0.378 e. The molecule has 20 heavy (non-hydrogen) atoms. The molecule has 1 aliphatic rings. The third kappa shape index (κ3) is 3.31. The molecule has 0 bridgehead atoms. The number of hydrogen-bond acceptors (Lipinski definition) is 5. The average Bonchev–Trinajstić information content (AvgIpc) is 2.85. The van der Waals surface area contributed by atoms with Crippen LogP contribution >= 0.6 is 11.6 Å². The van der Waals surface area contributed by atoms with E-state index in [1.165, 1.54) is 4.68 Å². The van der Waals surface area contributed by atoms with Crippen molar-refractivity contribution in [3.05, 3.63) is 21.6 Å². The van der Waals surface area contributed by atoms with Crippen LogP contribution in [0.1, 0.15) is 13.8 Å². The summed E-state index contributed by atoms with van der Waals surface area (Å²) in [5.41, 5.74) is 0.303. The molecule has 1 saturated heterocycles. The number of rotatable bonds is 5. The maximum absolute atomic E-state index is 12.1. The van der Waals surface area contributed by atoms with Crippen molar-refractivity contribution in [1.29, 1.82) is 0 Å². The third-order valence-corrected chi connectivity index (χ3v) is 3.69. The quantitative estimate of drug-likeness (QED) is 0.847. The van der Waals surface area contributed by atoms with Gasteiger partial charge in [-0.25, -0.2) is 4.68 Å². The largest absolute Gasteiger partial charge is 0.378 e. The van der Waals surface area contributed by atoms with E-state index in [1.807, 2.05) is 13.8 Å². The number of nitrogens with one attached hydrogen (secondary N) is 2. The Hall–Kier alpha value is -1.11. The van der Waals surface area contributed by atoms with Crippen molar-refractivity contribution in [3.8, 4) is 0 Å². The van der Waals surface area contributed by atoms with Gasteiger partial charge in [-0.3, -0.25) is 4.79 Å². The van der Waals surface area contributed by atoms with E-state index in [0.29, 0.717) is 18.2 Å². The van der Waals surface area contributed by atoms with Gasteiger partial charge in [0.15, 0.2) is 0 Å². The molecule has 0 amide bonds. The van der Waals surface area contributed by atoms with E-state index in [4.69, 9.17) is 16.3 Å². The normalized spacial score (nSPS) is 22.4. The highest BCUT2D eigenvalue weighted by atomic mass is 35.5. The predicted molar refractivity (Wildman–Crippen MR) is 79.4 cm³/mol. The molecule has 1 fully saturated rings. The Labute approximate surface area is 123 Å². The molecular weight excluding hydrogens is 280 g/mol. The van der Waals surface area contributed by atoms with Crippen LogP contribution in [0.3, 0.4) is 0 Å². The van der Waals surface area contributed by atoms with Crippen LogP contribution < -0.4 is 16.2 Å². The third-order valence-electron chi connectivity index (χ3n) is 3.33. The zero-order chi connectivity index (χ0) is 14.7. The van der Waals surface area contributed by atoms with Crippen molar-refractivity contribution in [2.24, 2.45) is 5.92 Å². The smallest absolute Gasteiger partial charge is 0.287 e. The number of methoxy groups -OCH3 is 1. The van der Waals surface area contributed by atoms with Crippen molar-refractivity contribution < 1.29 is 4.74 Å². The molecule has 0 radical (unpaired) electrons. The molecular formula is C13H21ClN4O2. The van der Waals surface area contributed by atoms with Crippen LogP contribution in [0.15, 0.2) is 11.0 Å². The van der Waals surface area contributed by atoms with E-state index in [-0.39, 0.29) is 22.7 Å². The van der Waals surface area contributed by atoms with Crippen LogP contribution in [-0.2, 0) is 11.3 Å². The van der Waals surface area contributed by atoms with Crippen molar-refractivity contribution in [2.45, 2.75) is 32.5 Å². The summed E-state index contributed by atoms with van der Waals surface area (Å²) in [6, 6.07) is 0.0830. The minimum absolute atomic E-state index is 0.0594. The monoisotopic (exact) mass is 300 g/mol. The summed E-state index contributed by atoms with van der Waals surface area (Å²) in [4.78, 5) is 12.1. The fraction of sp³-hybridized carbons (Fsp3) is 0.692. The van der Waals surface area contributed by atoms with E-state index < -0.39 is 0 Å². The second-order valence-corrected chi connectivity index (χ2v) is 5.81. The van der Waals surface area contributed by atoms with Gasteiger partial charge in [-0.2, -0.15) is 5.10 Å². The Kier molecular flexibility index (Phi) is 5.01. The first kappa shape index (κ1) is 15.3.